The largest absolute Gasteiger partial charge is 0.310 e. The second-order valence-electron chi connectivity index (χ2n) is 5.68. The van der Waals surface area contributed by atoms with Gasteiger partial charge in [-0.2, -0.15) is 0 Å². The van der Waals surface area contributed by atoms with Crippen LogP contribution in [0.15, 0.2) is 24.3 Å². The van der Waals surface area contributed by atoms with Crippen molar-refractivity contribution in [1.82, 2.24) is 10.2 Å². The molecule has 1 N–H and O–H groups in total. The first-order chi connectivity index (χ1) is 8.60. The number of likely N-dealkylation sites (N-methyl/N-ethyl adjacent to an activating group) is 1. The Morgan fingerprint density at radius 2 is 2.22 bits per heavy atom. The van der Waals surface area contributed by atoms with Crippen LogP contribution < -0.4 is 5.32 Å². The fraction of sp³-hybridized carbons (Fsp3) is 0.600. The molecule has 0 radical (unpaired) electrons. The highest BCUT2D eigenvalue weighted by atomic mass is 19.1. The van der Waals surface area contributed by atoms with Crippen molar-refractivity contribution in [3.8, 4) is 0 Å². The van der Waals surface area contributed by atoms with Crippen molar-refractivity contribution in [2.45, 2.75) is 31.2 Å². The van der Waals surface area contributed by atoms with Gasteiger partial charge >= 0.3 is 0 Å². The SMILES string of the molecule is CN(C)CC1(CCc2cccc(F)c2)CCCN1. The fourth-order valence-corrected chi connectivity index (χ4v) is 2.98. The van der Waals surface area contributed by atoms with Crippen molar-refractivity contribution in [1.29, 1.82) is 0 Å². The summed E-state index contributed by atoms with van der Waals surface area (Å²) in [6.45, 7) is 2.17. The zero-order valence-electron chi connectivity index (χ0n) is 11.4. The Labute approximate surface area is 109 Å². The zero-order chi connectivity index (χ0) is 13.0. The maximum atomic E-state index is 13.1. The molecular formula is C15H23FN2. The first-order valence-corrected chi connectivity index (χ1v) is 6.74. The number of nitrogens with zero attached hydrogens (tertiary/aromatic N) is 1. The van der Waals surface area contributed by atoms with E-state index in [4.69, 9.17) is 0 Å². The van der Waals surface area contributed by atoms with Crippen LogP contribution in [0.1, 0.15) is 24.8 Å². The van der Waals surface area contributed by atoms with E-state index in [1.165, 1.54) is 18.9 Å². The van der Waals surface area contributed by atoms with Gasteiger partial charge in [-0.05, 0) is 64.0 Å². The van der Waals surface area contributed by atoms with E-state index >= 15 is 0 Å². The summed E-state index contributed by atoms with van der Waals surface area (Å²) in [4.78, 5) is 2.24. The summed E-state index contributed by atoms with van der Waals surface area (Å²) in [7, 11) is 4.23. The summed E-state index contributed by atoms with van der Waals surface area (Å²) in [6, 6.07) is 6.97. The number of hydrogen-bond donors (Lipinski definition) is 1. The van der Waals surface area contributed by atoms with Crippen LogP contribution in [-0.4, -0.2) is 37.6 Å². The first-order valence-electron chi connectivity index (χ1n) is 6.74. The van der Waals surface area contributed by atoms with Crippen LogP contribution in [0.5, 0.6) is 0 Å². The third-order valence-corrected chi connectivity index (χ3v) is 3.73. The monoisotopic (exact) mass is 250 g/mol. The van der Waals surface area contributed by atoms with Crippen molar-refractivity contribution in [2.24, 2.45) is 0 Å². The smallest absolute Gasteiger partial charge is 0.123 e. The lowest BCUT2D eigenvalue weighted by Crippen LogP contribution is -2.48. The second kappa shape index (κ2) is 5.81. The van der Waals surface area contributed by atoms with Gasteiger partial charge in [-0.25, -0.2) is 4.39 Å². The van der Waals surface area contributed by atoms with Gasteiger partial charge in [0.25, 0.3) is 0 Å². The molecule has 100 valence electrons. The summed E-state index contributed by atoms with van der Waals surface area (Å²) in [6.07, 6.45) is 4.49. The minimum atomic E-state index is -0.131. The Morgan fingerprint density at radius 1 is 1.39 bits per heavy atom. The van der Waals surface area contributed by atoms with Crippen molar-refractivity contribution in [2.75, 3.05) is 27.2 Å². The predicted molar refractivity (Wildman–Crippen MR) is 73.2 cm³/mol. The topological polar surface area (TPSA) is 15.3 Å². The molecule has 0 bridgehead atoms. The lowest BCUT2D eigenvalue weighted by atomic mass is 9.89. The number of rotatable bonds is 5. The van der Waals surface area contributed by atoms with Crippen LogP contribution in [0.3, 0.4) is 0 Å². The van der Waals surface area contributed by atoms with Gasteiger partial charge in [0.2, 0.25) is 0 Å². The van der Waals surface area contributed by atoms with Crippen molar-refractivity contribution < 1.29 is 4.39 Å². The molecule has 1 aromatic carbocycles. The highest BCUT2D eigenvalue weighted by Gasteiger charge is 2.33. The Bertz CT molecular complexity index is 384. The van der Waals surface area contributed by atoms with Crippen molar-refractivity contribution >= 4 is 0 Å². The minimum absolute atomic E-state index is 0.131. The molecule has 0 aromatic heterocycles. The molecular weight excluding hydrogens is 227 g/mol. The highest BCUT2D eigenvalue weighted by Crippen LogP contribution is 2.25. The summed E-state index contributed by atoms with van der Waals surface area (Å²) >= 11 is 0. The average molecular weight is 250 g/mol. The van der Waals surface area contributed by atoms with Crippen LogP contribution >= 0.6 is 0 Å². The molecule has 1 saturated heterocycles. The fourth-order valence-electron chi connectivity index (χ4n) is 2.98. The highest BCUT2D eigenvalue weighted by molar-refractivity contribution is 5.17. The standard InChI is InChI=1S/C15H23FN2/c1-18(2)12-15(8-4-10-17-15)9-7-13-5-3-6-14(16)11-13/h3,5-6,11,17H,4,7-10,12H2,1-2H3. The van der Waals surface area contributed by atoms with Gasteiger partial charge in [0, 0.05) is 12.1 Å². The Kier molecular flexibility index (Phi) is 4.36. The number of benzene rings is 1. The van der Waals surface area contributed by atoms with E-state index in [0.717, 1.165) is 31.5 Å². The molecule has 1 aliphatic heterocycles. The van der Waals surface area contributed by atoms with Gasteiger partial charge in [0.05, 0.1) is 0 Å². The summed E-state index contributed by atoms with van der Waals surface area (Å²) < 4.78 is 13.1. The molecule has 0 saturated carbocycles. The van der Waals surface area contributed by atoms with Crippen molar-refractivity contribution in [3.63, 3.8) is 0 Å². The average Bonchev–Trinajstić information content (AvgIpc) is 2.75. The predicted octanol–water partition coefficient (Wildman–Crippen LogP) is 2.44. The van der Waals surface area contributed by atoms with Crippen LogP contribution in [0, 0.1) is 5.82 Å². The van der Waals surface area contributed by atoms with Gasteiger partial charge in [-0.15, -0.1) is 0 Å². The van der Waals surface area contributed by atoms with Gasteiger partial charge in [-0.3, -0.25) is 0 Å². The number of hydrogen-bond acceptors (Lipinski definition) is 2. The number of nitrogens with one attached hydrogen (secondary N) is 1. The number of aryl methyl sites for hydroxylation is 1. The summed E-state index contributed by atoms with van der Waals surface area (Å²) in [5, 5.41) is 3.65. The van der Waals surface area contributed by atoms with E-state index in [1.807, 2.05) is 6.07 Å². The van der Waals surface area contributed by atoms with Crippen LogP contribution in [0.25, 0.3) is 0 Å². The van der Waals surface area contributed by atoms with Crippen LogP contribution in [-0.2, 0) is 6.42 Å². The lowest BCUT2D eigenvalue weighted by Gasteiger charge is -2.32. The van der Waals surface area contributed by atoms with Crippen LogP contribution in [0.4, 0.5) is 4.39 Å². The summed E-state index contributed by atoms with van der Waals surface area (Å²) in [5.41, 5.74) is 1.32. The maximum Gasteiger partial charge on any atom is 0.123 e. The van der Waals surface area contributed by atoms with Gasteiger partial charge in [0.1, 0.15) is 5.82 Å². The quantitative estimate of drug-likeness (QED) is 0.863. The van der Waals surface area contributed by atoms with Gasteiger partial charge in [0.15, 0.2) is 0 Å². The molecule has 1 fully saturated rings. The minimum Gasteiger partial charge on any atom is -0.310 e. The third-order valence-electron chi connectivity index (χ3n) is 3.73. The molecule has 2 nitrogen and oxygen atoms in total. The molecule has 0 spiro atoms. The zero-order valence-corrected chi connectivity index (χ0v) is 11.4. The van der Waals surface area contributed by atoms with E-state index in [0.29, 0.717) is 0 Å². The first kappa shape index (κ1) is 13.5. The second-order valence-corrected chi connectivity index (χ2v) is 5.68. The Balaban J connectivity index is 1.97. The number of halogens is 1. The molecule has 0 amide bonds. The molecule has 1 heterocycles. The molecule has 1 aliphatic rings. The normalized spacial score (nSPS) is 23.8. The van der Waals surface area contributed by atoms with E-state index in [2.05, 4.69) is 24.3 Å². The van der Waals surface area contributed by atoms with Crippen LogP contribution in [0.2, 0.25) is 0 Å². The molecule has 18 heavy (non-hydrogen) atoms. The molecule has 3 heteroatoms. The molecule has 0 aliphatic carbocycles. The molecule has 1 unspecified atom stereocenters. The van der Waals surface area contributed by atoms with E-state index in [-0.39, 0.29) is 11.4 Å². The maximum absolute atomic E-state index is 13.1. The molecule has 1 aromatic rings. The van der Waals surface area contributed by atoms with E-state index in [9.17, 15) is 4.39 Å². The lowest BCUT2D eigenvalue weighted by molar-refractivity contribution is 0.243. The van der Waals surface area contributed by atoms with Crippen molar-refractivity contribution in [3.05, 3.63) is 35.6 Å². The van der Waals surface area contributed by atoms with Gasteiger partial charge in [-0.1, -0.05) is 12.1 Å². The van der Waals surface area contributed by atoms with Gasteiger partial charge < -0.3 is 10.2 Å². The molecule has 2 rings (SSSR count). The summed E-state index contributed by atoms with van der Waals surface area (Å²) in [5.74, 6) is -0.131. The Morgan fingerprint density at radius 3 is 2.83 bits per heavy atom. The Hall–Kier alpha value is -0.930. The van der Waals surface area contributed by atoms with E-state index < -0.39 is 0 Å². The molecule has 1 atom stereocenters. The van der Waals surface area contributed by atoms with E-state index in [1.54, 1.807) is 12.1 Å². The third kappa shape index (κ3) is 3.53.